The molecule has 0 unspecified atom stereocenters. The summed E-state index contributed by atoms with van der Waals surface area (Å²) in [4.78, 5) is 38.9. The second-order valence-corrected chi connectivity index (χ2v) is 10.1. The summed E-state index contributed by atoms with van der Waals surface area (Å²) < 4.78 is 14.3. The van der Waals surface area contributed by atoms with Crippen molar-refractivity contribution in [2.45, 2.75) is 22.9 Å². The molecular formula is C21H19FN4O3S2. The molecule has 1 aromatic carbocycles. The third-order valence-electron chi connectivity index (χ3n) is 6.09. The predicted octanol–water partition coefficient (Wildman–Crippen LogP) is 3.11. The normalized spacial score (nSPS) is 26.0. The molecule has 2 heterocycles. The molecule has 0 radical (unpaired) electrons. The standard InChI is InChI=1S/C21H19FN4O3S2/c22-14-4-2-1-3-13(14)10-30-21-25-24-20(31-21)23-15(27)7-8-26-18(28)16-11-5-6-12(9-11)17(16)19(26)29/h1-6,11-12,16-17H,7-10H2,(H,23,24,27)/t11-,12-,16-,17+/m0/s1. The number of benzene rings is 1. The average Bonchev–Trinajstić information content (AvgIpc) is 3.52. The van der Waals surface area contributed by atoms with Gasteiger partial charge in [0, 0.05) is 18.7 Å². The number of amides is 3. The monoisotopic (exact) mass is 458 g/mol. The van der Waals surface area contributed by atoms with Crippen LogP contribution in [-0.2, 0) is 20.1 Å². The van der Waals surface area contributed by atoms with E-state index in [1.807, 2.05) is 12.2 Å². The van der Waals surface area contributed by atoms with E-state index >= 15 is 0 Å². The molecule has 2 aliphatic carbocycles. The molecule has 1 N–H and O–H groups in total. The van der Waals surface area contributed by atoms with Crippen molar-refractivity contribution in [3.63, 3.8) is 0 Å². The lowest BCUT2D eigenvalue weighted by atomic mass is 9.85. The van der Waals surface area contributed by atoms with Crippen LogP contribution < -0.4 is 5.32 Å². The van der Waals surface area contributed by atoms with Crippen LogP contribution in [0.25, 0.3) is 0 Å². The highest BCUT2D eigenvalue weighted by atomic mass is 32.2. The number of carbonyl (C=O) groups is 3. The minimum absolute atomic E-state index is 0.0109. The van der Waals surface area contributed by atoms with Gasteiger partial charge in [-0.2, -0.15) is 0 Å². The van der Waals surface area contributed by atoms with Gasteiger partial charge in [0.15, 0.2) is 4.34 Å². The molecule has 3 aliphatic rings. The molecule has 1 aliphatic heterocycles. The molecule has 2 aromatic rings. The van der Waals surface area contributed by atoms with Crippen molar-refractivity contribution in [3.05, 3.63) is 47.8 Å². The second-order valence-electron chi connectivity index (χ2n) is 7.88. The number of rotatable bonds is 7. The number of halogens is 1. The van der Waals surface area contributed by atoms with Gasteiger partial charge in [0.05, 0.1) is 11.8 Å². The molecule has 31 heavy (non-hydrogen) atoms. The van der Waals surface area contributed by atoms with Gasteiger partial charge in [-0.3, -0.25) is 19.3 Å². The molecule has 1 saturated carbocycles. The van der Waals surface area contributed by atoms with E-state index in [-0.39, 0.29) is 60.2 Å². The maximum atomic E-state index is 13.7. The van der Waals surface area contributed by atoms with Crippen LogP contribution in [0.3, 0.4) is 0 Å². The van der Waals surface area contributed by atoms with Crippen LogP contribution in [0.2, 0.25) is 0 Å². The van der Waals surface area contributed by atoms with E-state index in [0.717, 1.165) is 6.42 Å². The Hall–Kier alpha value is -2.59. The van der Waals surface area contributed by atoms with Gasteiger partial charge in [0.25, 0.3) is 0 Å². The van der Waals surface area contributed by atoms with Gasteiger partial charge in [-0.05, 0) is 29.9 Å². The summed E-state index contributed by atoms with van der Waals surface area (Å²) in [6.45, 7) is 0.0731. The number of carbonyl (C=O) groups excluding carboxylic acids is 3. The van der Waals surface area contributed by atoms with E-state index in [4.69, 9.17) is 0 Å². The molecule has 5 rings (SSSR count). The maximum absolute atomic E-state index is 13.7. The fourth-order valence-electron chi connectivity index (χ4n) is 4.65. The molecule has 1 aromatic heterocycles. The fourth-order valence-corrected chi connectivity index (χ4v) is 6.41. The Morgan fingerprint density at radius 3 is 2.58 bits per heavy atom. The Morgan fingerprint density at radius 1 is 1.16 bits per heavy atom. The van der Waals surface area contributed by atoms with Crippen molar-refractivity contribution in [1.82, 2.24) is 15.1 Å². The number of imide groups is 1. The van der Waals surface area contributed by atoms with E-state index in [0.29, 0.717) is 20.8 Å². The number of nitrogens with one attached hydrogen (secondary N) is 1. The molecule has 3 amide bonds. The van der Waals surface area contributed by atoms with E-state index in [9.17, 15) is 18.8 Å². The predicted molar refractivity (Wildman–Crippen MR) is 114 cm³/mol. The van der Waals surface area contributed by atoms with Crippen molar-refractivity contribution in [2.24, 2.45) is 23.7 Å². The summed E-state index contributed by atoms with van der Waals surface area (Å²) in [5, 5.41) is 10.9. The van der Waals surface area contributed by atoms with Gasteiger partial charge < -0.3 is 5.32 Å². The maximum Gasteiger partial charge on any atom is 0.233 e. The lowest BCUT2D eigenvalue weighted by molar-refractivity contribution is -0.140. The highest BCUT2D eigenvalue weighted by Crippen LogP contribution is 2.52. The number of anilines is 1. The Bertz CT molecular complexity index is 1060. The highest BCUT2D eigenvalue weighted by molar-refractivity contribution is 8.00. The molecule has 1 saturated heterocycles. The first-order valence-electron chi connectivity index (χ1n) is 10.0. The summed E-state index contributed by atoms with van der Waals surface area (Å²) in [7, 11) is 0. The topological polar surface area (TPSA) is 92.3 Å². The number of nitrogens with zero attached hydrogens (tertiary/aromatic N) is 3. The summed E-state index contributed by atoms with van der Waals surface area (Å²) in [5.41, 5.74) is 0.571. The first kappa shape index (κ1) is 20.3. The zero-order valence-corrected chi connectivity index (χ0v) is 18.0. The lowest BCUT2D eigenvalue weighted by Gasteiger charge is -2.16. The van der Waals surface area contributed by atoms with E-state index in [1.54, 1.807) is 18.2 Å². The van der Waals surface area contributed by atoms with Gasteiger partial charge >= 0.3 is 0 Å². The summed E-state index contributed by atoms with van der Waals surface area (Å²) in [6.07, 6.45) is 4.99. The zero-order valence-electron chi connectivity index (χ0n) is 16.4. The molecule has 10 heteroatoms. The largest absolute Gasteiger partial charge is 0.300 e. The van der Waals surface area contributed by atoms with Crippen LogP contribution >= 0.6 is 23.1 Å². The van der Waals surface area contributed by atoms with Crippen molar-refractivity contribution in [2.75, 3.05) is 11.9 Å². The van der Waals surface area contributed by atoms with Crippen LogP contribution in [0, 0.1) is 29.5 Å². The second kappa shape index (κ2) is 8.16. The van der Waals surface area contributed by atoms with Gasteiger partial charge in [0.1, 0.15) is 5.82 Å². The van der Waals surface area contributed by atoms with Crippen LogP contribution in [0.15, 0.2) is 40.8 Å². The lowest BCUT2D eigenvalue weighted by Crippen LogP contribution is -2.35. The molecular weight excluding hydrogens is 439 g/mol. The van der Waals surface area contributed by atoms with Gasteiger partial charge in [-0.25, -0.2) is 4.39 Å². The van der Waals surface area contributed by atoms with E-state index in [2.05, 4.69) is 15.5 Å². The Kier molecular flexibility index (Phi) is 5.35. The van der Waals surface area contributed by atoms with Crippen LogP contribution in [0.1, 0.15) is 18.4 Å². The van der Waals surface area contributed by atoms with Crippen LogP contribution in [0.5, 0.6) is 0 Å². The molecule has 2 bridgehead atoms. The Labute approximate surface area is 186 Å². The third kappa shape index (κ3) is 3.78. The van der Waals surface area contributed by atoms with Gasteiger partial charge in [-0.15, -0.1) is 10.2 Å². The zero-order chi connectivity index (χ0) is 21.5. The molecule has 160 valence electrons. The van der Waals surface area contributed by atoms with Crippen molar-refractivity contribution in [3.8, 4) is 0 Å². The number of allylic oxidation sites excluding steroid dienone is 2. The SMILES string of the molecule is O=C(CCN1C(=O)[C@@H]2[C@H](C1=O)[C@H]1C=C[C@H]2C1)Nc1nnc(SCc2ccccc2F)s1. The number of hydrogen-bond acceptors (Lipinski definition) is 7. The van der Waals surface area contributed by atoms with E-state index < -0.39 is 0 Å². The first-order valence-corrected chi connectivity index (χ1v) is 11.8. The number of thioether (sulfide) groups is 1. The number of aromatic nitrogens is 2. The van der Waals surface area contributed by atoms with Crippen molar-refractivity contribution >= 4 is 46.0 Å². The van der Waals surface area contributed by atoms with Gasteiger partial charge in [0.2, 0.25) is 22.9 Å². The van der Waals surface area contributed by atoms with Crippen LogP contribution in [0.4, 0.5) is 9.52 Å². The Morgan fingerprint density at radius 2 is 1.87 bits per heavy atom. The minimum Gasteiger partial charge on any atom is -0.300 e. The first-order chi connectivity index (χ1) is 15.0. The summed E-state index contributed by atoms with van der Waals surface area (Å²) in [5.74, 6) is -0.671. The molecule has 2 fully saturated rings. The highest BCUT2D eigenvalue weighted by Gasteiger charge is 2.59. The van der Waals surface area contributed by atoms with Crippen molar-refractivity contribution < 1.29 is 18.8 Å². The minimum atomic E-state index is -0.333. The number of fused-ring (bicyclic) bond motifs is 5. The number of likely N-dealkylation sites (tertiary alicyclic amines) is 1. The Balaban J connectivity index is 1.12. The van der Waals surface area contributed by atoms with Crippen molar-refractivity contribution in [1.29, 1.82) is 0 Å². The van der Waals surface area contributed by atoms with Gasteiger partial charge in [-0.1, -0.05) is 53.4 Å². The molecule has 4 atom stereocenters. The fraction of sp³-hybridized carbons (Fsp3) is 0.381. The molecule has 7 nitrogen and oxygen atoms in total. The smallest absolute Gasteiger partial charge is 0.233 e. The quantitative estimate of drug-likeness (QED) is 0.297. The van der Waals surface area contributed by atoms with E-state index in [1.165, 1.54) is 34.1 Å². The molecule has 0 spiro atoms. The third-order valence-corrected chi connectivity index (χ3v) is 8.11. The average molecular weight is 459 g/mol. The summed E-state index contributed by atoms with van der Waals surface area (Å²) in [6, 6.07) is 6.53. The van der Waals surface area contributed by atoms with Crippen LogP contribution in [-0.4, -0.2) is 39.4 Å². The summed E-state index contributed by atoms with van der Waals surface area (Å²) >= 11 is 2.53. The number of hydrogen-bond donors (Lipinski definition) is 1.